The molecule has 0 N–H and O–H groups in total. The number of hydrogen-bond donors (Lipinski definition) is 0. The minimum atomic E-state index is 0.433. The van der Waals surface area contributed by atoms with Crippen LogP contribution in [0.3, 0.4) is 0 Å². The lowest BCUT2D eigenvalue weighted by Gasteiger charge is -2.19. The van der Waals surface area contributed by atoms with E-state index < -0.39 is 0 Å². The van der Waals surface area contributed by atoms with E-state index in [4.69, 9.17) is 6.57 Å². The molecular weight excluding hydrogens is 681 g/mol. The molecule has 0 atom stereocenters. The van der Waals surface area contributed by atoms with Crippen molar-refractivity contribution in [1.29, 1.82) is 5.26 Å². The summed E-state index contributed by atoms with van der Waals surface area (Å²) >= 11 is 0. The molecule has 13 rings (SSSR count). The third-order valence-corrected chi connectivity index (χ3v) is 12.4. The van der Waals surface area contributed by atoms with Gasteiger partial charge in [-0.05, 0) is 85.6 Å². The summed E-state index contributed by atoms with van der Waals surface area (Å²) < 4.78 is 4.48. The van der Waals surface area contributed by atoms with Crippen LogP contribution >= 0.6 is 0 Å². The van der Waals surface area contributed by atoms with Crippen molar-refractivity contribution in [3.63, 3.8) is 0 Å². The Balaban J connectivity index is 1.20. The zero-order chi connectivity index (χ0) is 36.8. The number of benzene rings is 9. The standard InChI is InChI=1S/C52H26N4/c1-54-44-24-25-47(55-45-22-8-6-16-33(45)41-26-39-31-14-4-2-12-29(31)35-18-10-20-37(48(35)39)50(41)55)43(28-53)52(44)56-46-23-9-7-17-34(46)42-27-40-32-15-5-3-13-30(32)36-19-11-21-38(49(36)40)51(42)56/h2-27H. The topological polar surface area (TPSA) is 38.0 Å². The van der Waals surface area contributed by atoms with Crippen LogP contribution in [0.4, 0.5) is 5.69 Å². The zero-order valence-corrected chi connectivity index (χ0v) is 29.8. The third kappa shape index (κ3) is 3.44. The smallest absolute Gasteiger partial charge is 0.212 e. The second-order valence-corrected chi connectivity index (χ2v) is 14.9. The summed E-state index contributed by atoms with van der Waals surface area (Å²) in [5.74, 6) is 0. The molecule has 2 heterocycles. The predicted octanol–water partition coefficient (Wildman–Crippen LogP) is 13.9. The van der Waals surface area contributed by atoms with Crippen molar-refractivity contribution >= 4 is 70.8 Å². The largest absolute Gasteiger partial charge is 0.317 e. The van der Waals surface area contributed by atoms with Crippen LogP contribution in [0.15, 0.2) is 158 Å². The van der Waals surface area contributed by atoms with Crippen molar-refractivity contribution in [1.82, 2.24) is 9.13 Å². The van der Waals surface area contributed by atoms with Gasteiger partial charge in [-0.1, -0.05) is 127 Å². The van der Waals surface area contributed by atoms with Gasteiger partial charge in [0.25, 0.3) is 0 Å². The van der Waals surface area contributed by atoms with Gasteiger partial charge < -0.3 is 9.13 Å². The van der Waals surface area contributed by atoms with Crippen molar-refractivity contribution in [3.8, 4) is 62.0 Å². The Morgan fingerprint density at radius 3 is 1.41 bits per heavy atom. The first-order valence-electron chi connectivity index (χ1n) is 18.9. The van der Waals surface area contributed by atoms with Gasteiger partial charge in [0.1, 0.15) is 6.07 Å². The van der Waals surface area contributed by atoms with Gasteiger partial charge in [-0.2, -0.15) is 5.26 Å². The lowest BCUT2D eigenvalue weighted by Crippen LogP contribution is -2.05. The molecule has 0 saturated carbocycles. The maximum absolute atomic E-state index is 11.5. The lowest BCUT2D eigenvalue weighted by atomic mass is 9.99. The first-order valence-corrected chi connectivity index (χ1v) is 18.9. The number of hydrogen-bond acceptors (Lipinski definition) is 1. The number of rotatable bonds is 2. The summed E-state index contributed by atoms with van der Waals surface area (Å²) in [6.45, 7) is 8.53. The molecule has 2 aromatic heterocycles. The molecule has 0 amide bonds. The second kappa shape index (κ2) is 10.4. The fourth-order valence-corrected chi connectivity index (χ4v) is 10.3. The van der Waals surface area contributed by atoms with Gasteiger partial charge in [0, 0.05) is 32.3 Å². The highest BCUT2D eigenvalue weighted by atomic mass is 15.0. The number of fused-ring (bicyclic) bond motifs is 14. The fraction of sp³-hybridized carbons (Fsp3) is 0. The Hall–Kier alpha value is -7.92. The molecule has 0 spiro atoms. The Labute approximate surface area is 320 Å². The number of para-hydroxylation sites is 2. The summed E-state index contributed by atoms with van der Waals surface area (Å²) in [7, 11) is 0. The Morgan fingerprint density at radius 1 is 0.429 bits per heavy atom. The van der Waals surface area contributed by atoms with Gasteiger partial charge in [0.15, 0.2) is 0 Å². The summed E-state index contributed by atoms with van der Waals surface area (Å²) in [5.41, 5.74) is 16.1. The SMILES string of the molecule is [C-]#[N+]c1ccc(-n2c3ccccc3c3cc4c5c(cccc5c32)-c2ccccc2-4)c(C#N)c1-n1c2ccccc2c2cc3c4c(cccc4c21)-c1ccccc1-3. The molecule has 254 valence electrons. The molecule has 4 heteroatoms. The van der Waals surface area contributed by atoms with Gasteiger partial charge >= 0.3 is 0 Å². The minimum Gasteiger partial charge on any atom is -0.317 e. The fourth-order valence-electron chi connectivity index (χ4n) is 10.3. The van der Waals surface area contributed by atoms with E-state index in [1.165, 1.54) is 55.3 Å². The van der Waals surface area contributed by atoms with Crippen LogP contribution in [-0.4, -0.2) is 9.13 Å². The van der Waals surface area contributed by atoms with E-state index in [1.807, 2.05) is 12.1 Å². The Kier molecular flexibility index (Phi) is 5.48. The molecule has 0 saturated heterocycles. The monoisotopic (exact) mass is 706 g/mol. The molecule has 0 unspecified atom stereocenters. The van der Waals surface area contributed by atoms with Crippen LogP contribution in [-0.2, 0) is 0 Å². The second-order valence-electron chi connectivity index (χ2n) is 14.9. The van der Waals surface area contributed by atoms with Gasteiger partial charge in [0.2, 0.25) is 5.69 Å². The number of nitrogens with zero attached hydrogens (tertiary/aromatic N) is 4. The zero-order valence-electron chi connectivity index (χ0n) is 29.8. The van der Waals surface area contributed by atoms with Crippen LogP contribution in [0.5, 0.6) is 0 Å². The van der Waals surface area contributed by atoms with Crippen LogP contribution in [0, 0.1) is 17.9 Å². The molecule has 9 aromatic carbocycles. The van der Waals surface area contributed by atoms with Gasteiger partial charge in [-0.25, -0.2) is 4.85 Å². The maximum atomic E-state index is 11.5. The van der Waals surface area contributed by atoms with E-state index in [2.05, 4.69) is 166 Å². The van der Waals surface area contributed by atoms with Gasteiger partial charge in [-0.15, -0.1) is 0 Å². The van der Waals surface area contributed by atoms with Gasteiger partial charge in [-0.3, -0.25) is 0 Å². The summed E-state index contributed by atoms with van der Waals surface area (Å²) in [6.07, 6.45) is 0. The average molecular weight is 707 g/mol. The minimum absolute atomic E-state index is 0.433. The molecule has 0 fully saturated rings. The predicted molar refractivity (Wildman–Crippen MR) is 230 cm³/mol. The number of aromatic nitrogens is 2. The van der Waals surface area contributed by atoms with Crippen molar-refractivity contribution < 1.29 is 0 Å². The van der Waals surface area contributed by atoms with E-state index >= 15 is 0 Å². The van der Waals surface area contributed by atoms with Crippen molar-refractivity contribution in [2.75, 3.05) is 0 Å². The maximum Gasteiger partial charge on any atom is 0.212 e. The van der Waals surface area contributed by atoms with E-state index in [-0.39, 0.29) is 0 Å². The number of nitriles is 1. The highest BCUT2D eigenvalue weighted by molar-refractivity contribution is 6.29. The van der Waals surface area contributed by atoms with E-state index in [0.29, 0.717) is 16.9 Å². The molecule has 4 nitrogen and oxygen atoms in total. The molecule has 0 bridgehead atoms. The highest BCUT2D eigenvalue weighted by Gasteiger charge is 2.30. The first-order chi connectivity index (χ1) is 27.7. The van der Waals surface area contributed by atoms with E-state index in [9.17, 15) is 5.26 Å². The first kappa shape index (κ1) is 29.5. The molecule has 0 radical (unpaired) electrons. The highest BCUT2D eigenvalue weighted by Crippen LogP contribution is 2.53. The van der Waals surface area contributed by atoms with Crippen LogP contribution in [0.1, 0.15) is 5.56 Å². The molecule has 2 aliphatic rings. The van der Waals surface area contributed by atoms with E-state index in [0.717, 1.165) is 60.1 Å². The molecule has 2 aliphatic carbocycles. The lowest BCUT2D eigenvalue weighted by molar-refractivity contribution is 1.13. The molecule has 56 heavy (non-hydrogen) atoms. The van der Waals surface area contributed by atoms with Gasteiger partial charge in [0.05, 0.1) is 45.6 Å². The summed E-state index contributed by atoms with van der Waals surface area (Å²) in [5, 5.41) is 20.6. The summed E-state index contributed by atoms with van der Waals surface area (Å²) in [6, 6.07) is 58.6. The van der Waals surface area contributed by atoms with Crippen LogP contribution in [0.25, 0.3) is 126 Å². The average Bonchev–Trinajstić information content (AvgIpc) is 3.98. The Bertz CT molecular complexity index is 3730. The van der Waals surface area contributed by atoms with Crippen LogP contribution in [0.2, 0.25) is 0 Å². The molecule has 0 aliphatic heterocycles. The Morgan fingerprint density at radius 2 is 0.875 bits per heavy atom. The summed E-state index contributed by atoms with van der Waals surface area (Å²) in [4.78, 5) is 4.13. The van der Waals surface area contributed by atoms with E-state index in [1.54, 1.807) is 0 Å². The quantitative estimate of drug-likeness (QED) is 0.165. The van der Waals surface area contributed by atoms with Crippen molar-refractivity contribution in [3.05, 3.63) is 175 Å². The van der Waals surface area contributed by atoms with Crippen molar-refractivity contribution in [2.45, 2.75) is 0 Å². The third-order valence-electron chi connectivity index (χ3n) is 12.4. The normalized spacial score (nSPS) is 12.2. The molecular formula is C52H26N4. The molecule has 11 aromatic rings. The van der Waals surface area contributed by atoms with Crippen LogP contribution < -0.4 is 0 Å². The van der Waals surface area contributed by atoms with Crippen molar-refractivity contribution in [2.24, 2.45) is 0 Å².